The molecule has 0 bridgehead atoms. The normalized spacial score (nSPS) is 12.7. The van der Waals surface area contributed by atoms with Crippen molar-refractivity contribution in [2.24, 2.45) is 0 Å². The minimum Gasteiger partial charge on any atom is -0.478 e. The summed E-state index contributed by atoms with van der Waals surface area (Å²) in [6.07, 6.45) is 0.135. The molecule has 0 aliphatic carbocycles. The van der Waals surface area contributed by atoms with Gasteiger partial charge in [-0.25, -0.2) is 14.4 Å². The monoisotopic (exact) mass is 256 g/mol. The van der Waals surface area contributed by atoms with Crippen LogP contribution in [0, 0.1) is 0 Å². The highest BCUT2D eigenvalue weighted by atomic mass is 16.5. The zero-order valence-electron chi connectivity index (χ0n) is 10.3. The molecule has 1 unspecified atom stereocenters. The molecule has 0 aliphatic rings. The number of hydrogen-bond donors (Lipinski definition) is 2. The van der Waals surface area contributed by atoms with Gasteiger partial charge in [-0.05, 0) is 13.3 Å². The van der Waals surface area contributed by atoms with Gasteiger partial charge in [-0.15, -0.1) is 0 Å². The fourth-order valence-corrected chi connectivity index (χ4v) is 1.12. The lowest BCUT2D eigenvalue weighted by molar-refractivity contribution is -0.145. The van der Waals surface area contributed by atoms with Crippen molar-refractivity contribution in [1.29, 1.82) is 0 Å². The smallest absolute Gasteiger partial charge is 0.333 e. The van der Waals surface area contributed by atoms with Gasteiger partial charge in [0.1, 0.15) is 6.10 Å². The third-order valence-electron chi connectivity index (χ3n) is 2.10. The maximum atomic E-state index is 11.3. The Kier molecular flexibility index (Phi) is 6.41. The van der Waals surface area contributed by atoms with Gasteiger partial charge in [0.2, 0.25) is 0 Å². The Morgan fingerprint density at radius 1 is 1.33 bits per heavy atom. The molecule has 0 aromatic carbocycles. The van der Waals surface area contributed by atoms with Crippen LogP contribution >= 0.6 is 0 Å². The van der Waals surface area contributed by atoms with Crippen molar-refractivity contribution >= 4 is 17.9 Å². The Morgan fingerprint density at radius 3 is 2.22 bits per heavy atom. The number of rotatable bonds is 7. The summed E-state index contributed by atoms with van der Waals surface area (Å²) in [5.74, 6) is -3.32. The van der Waals surface area contributed by atoms with Crippen LogP contribution in [-0.2, 0) is 19.1 Å². The van der Waals surface area contributed by atoms with E-state index < -0.39 is 24.0 Å². The van der Waals surface area contributed by atoms with Gasteiger partial charge in [0.15, 0.2) is 0 Å². The third-order valence-corrected chi connectivity index (χ3v) is 2.10. The Morgan fingerprint density at radius 2 is 1.89 bits per heavy atom. The zero-order chi connectivity index (χ0) is 14.3. The number of aliphatic carboxylic acids is 2. The highest BCUT2D eigenvalue weighted by molar-refractivity contribution is 5.94. The Labute approximate surface area is 105 Å². The van der Waals surface area contributed by atoms with Gasteiger partial charge in [0.25, 0.3) is 0 Å². The molecule has 0 saturated heterocycles. The molecule has 100 valence electrons. The molecule has 0 amide bonds. The number of ether oxygens (including phenoxy) is 1. The van der Waals surface area contributed by atoms with E-state index in [0.29, 0.717) is 12.5 Å². The summed E-state index contributed by atoms with van der Waals surface area (Å²) in [5, 5.41) is 17.3. The van der Waals surface area contributed by atoms with Gasteiger partial charge >= 0.3 is 17.9 Å². The molecule has 0 spiro atoms. The highest BCUT2D eigenvalue weighted by Crippen LogP contribution is 2.14. The number of carboxylic acids is 2. The molecule has 1 atom stereocenters. The van der Waals surface area contributed by atoms with Crippen LogP contribution in [0.25, 0.3) is 0 Å². The minimum atomic E-state index is -1.35. The summed E-state index contributed by atoms with van der Waals surface area (Å²) in [4.78, 5) is 32.5. The third kappa shape index (κ3) is 5.83. The molecule has 6 heteroatoms. The lowest BCUT2D eigenvalue weighted by Crippen LogP contribution is -2.20. The van der Waals surface area contributed by atoms with Gasteiger partial charge in [0, 0.05) is 23.6 Å². The van der Waals surface area contributed by atoms with Gasteiger partial charge < -0.3 is 14.9 Å². The van der Waals surface area contributed by atoms with Crippen LogP contribution in [0.3, 0.4) is 0 Å². The Hall–Kier alpha value is -2.11. The van der Waals surface area contributed by atoms with E-state index in [1.54, 1.807) is 6.92 Å². The van der Waals surface area contributed by atoms with Crippen LogP contribution in [-0.4, -0.2) is 34.2 Å². The first kappa shape index (κ1) is 15.9. The van der Waals surface area contributed by atoms with Crippen molar-refractivity contribution in [2.75, 3.05) is 0 Å². The number of hydrogen-bond acceptors (Lipinski definition) is 4. The molecule has 0 heterocycles. The first-order chi connectivity index (χ1) is 8.27. The summed E-state index contributed by atoms with van der Waals surface area (Å²) in [6.45, 7) is 6.58. The number of carboxylic acid groups (broad SMARTS) is 2. The molecule has 0 saturated carbocycles. The largest absolute Gasteiger partial charge is 0.478 e. The predicted molar refractivity (Wildman–Crippen MR) is 63.0 cm³/mol. The van der Waals surface area contributed by atoms with Crippen LogP contribution in [0.2, 0.25) is 0 Å². The van der Waals surface area contributed by atoms with E-state index in [4.69, 9.17) is 14.9 Å². The van der Waals surface area contributed by atoms with Gasteiger partial charge in [0.05, 0.1) is 0 Å². The van der Waals surface area contributed by atoms with Gasteiger partial charge in [-0.3, -0.25) is 0 Å². The maximum absolute atomic E-state index is 11.3. The Balaban J connectivity index is 4.78. The van der Waals surface area contributed by atoms with Crippen molar-refractivity contribution < 1.29 is 29.3 Å². The first-order valence-corrected chi connectivity index (χ1v) is 5.31. The molecule has 6 nitrogen and oxygen atoms in total. The van der Waals surface area contributed by atoms with Crippen molar-refractivity contribution in [2.45, 2.75) is 32.8 Å². The lowest BCUT2D eigenvalue weighted by atomic mass is 10.1. The van der Waals surface area contributed by atoms with Gasteiger partial charge in [-0.1, -0.05) is 13.5 Å². The summed E-state index contributed by atoms with van der Waals surface area (Å²) in [5.41, 5.74) is -0.114. The van der Waals surface area contributed by atoms with Crippen molar-refractivity contribution in [1.82, 2.24) is 0 Å². The molecule has 0 rings (SSSR count). The van der Waals surface area contributed by atoms with Gasteiger partial charge in [-0.2, -0.15) is 0 Å². The second-order valence-corrected chi connectivity index (χ2v) is 3.73. The molecule has 2 N–H and O–H groups in total. The van der Waals surface area contributed by atoms with E-state index in [1.165, 1.54) is 6.92 Å². The minimum absolute atomic E-state index is 0.156. The quantitative estimate of drug-likeness (QED) is 0.527. The number of esters is 1. The summed E-state index contributed by atoms with van der Waals surface area (Å²) in [7, 11) is 0. The van der Waals surface area contributed by atoms with Crippen LogP contribution in [0.4, 0.5) is 0 Å². The van der Waals surface area contributed by atoms with E-state index in [0.717, 1.165) is 0 Å². The zero-order valence-corrected chi connectivity index (χ0v) is 10.3. The standard InChI is InChI=1S/C12H16O6/c1-4-9(18-12(17)7(2)3)5-8(11(15)16)6-10(13)14/h6,9H,2,4-5H2,1,3H3,(H,13,14)(H,15,16)/b8-6-. The average molecular weight is 256 g/mol. The highest BCUT2D eigenvalue weighted by Gasteiger charge is 2.19. The molecule has 0 fully saturated rings. The maximum Gasteiger partial charge on any atom is 0.333 e. The molecular formula is C12H16O6. The average Bonchev–Trinajstić information content (AvgIpc) is 2.25. The van der Waals surface area contributed by atoms with Crippen LogP contribution in [0.5, 0.6) is 0 Å². The summed E-state index contributed by atoms with van der Waals surface area (Å²) < 4.78 is 4.99. The molecular weight excluding hydrogens is 240 g/mol. The SMILES string of the molecule is C=C(C)C(=O)OC(CC)C/C(=C/C(=O)O)C(=O)O. The second-order valence-electron chi connectivity index (χ2n) is 3.73. The van der Waals surface area contributed by atoms with Crippen molar-refractivity contribution in [3.63, 3.8) is 0 Å². The fraction of sp³-hybridized carbons (Fsp3) is 0.417. The molecule has 0 aromatic heterocycles. The fourth-order valence-electron chi connectivity index (χ4n) is 1.12. The summed E-state index contributed by atoms with van der Waals surface area (Å²) >= 11 is 0. The molecule has 0 aliphatic heterocycles. The van der Waals surface area contributed by atoms with E-state index in [9.17, 15) is 14.4 Å². The topological polar surface area (TPSA) is 101 Å². The van der Waals surface area contributed by atoms with E-state index in [2.05, 4.69) is 6.58 Å². The molecule has 18 heavy (non-hydrogen) atoms. The second kappa shape index (κ2) is 7.26. The Bertz CT molecular complexity index is 393. The van der Waals surface area contributed by atoms with Crippen molar-refractivity contribution in [3.8, 4) is 0 Å². The first-order valence-electron chi connectivity index (χ1n) is 5.31. The van der Waals surface area contributed by atoms with Crippen LogP contribution < -0.4 is 0 Å². The number of carbonyl (C=O) groups is 3. The molecule has 0 radical (unpaired) electrons. The van der Waals surface area contributed by atoms with E-state index >= 15 is 0 Å². The number of carbonyl (C=O) groups excluding carboxylic acids is 1. The van der Waals surface area contributed by atoms with Crippen LogP contribution in [0.15, 0.2) is 23.8 Å². The summed E-state index contributed by atoms with van der Waals surface area (Å²) in [6, 6.07) is 0. The van der Waals surface area contributed by atoms with Crippen LogP contribution in [0.1, 0.15) is 26.7 Å². The van der Waals surface area contributed by atoms with E-state index in [-0.39, 0.29) is 17.6 Å². The lowest BCUT2D eigenvalue weighted by Gasteiger charge is -2.16. The molecule has 0 aromatic rings. The van der Waals surface area contributed by atoms with E-state index in [1.807, 2.05) is 0 Å². The predicted octanol–water partition coefficient (Wildman–Crippen LogP) is 1.37. The van der Waals surface area contributed by atoms with Crippen molar-refractivity contribution in [3.05, 3.63) is 23.8 Å².